The third-order valence-electron chi connectivity index (χ3n) is 4.19. The first-order valence-electron chi connectivity index (χ1n) is 8.08. The van der Waals surface area contributed by atoms with E-state index in [0.29, 0.717) is 24.6 Å². The van der Waals surface area contributed by atoms with Gasteiger partial charge in [-0.2, -0.15) is 13.2 Å². The number of ether oxygens (including phenoxy) is 2. The van der Waals surface area contributed by atoms with Gasteiger partial charge in [0.1, 0.15) is 17.6 Å². The van der Waals surface area contributed by atoms with Gasteiger partial charge in [-0.3, -0.25) is 4.79 Å². The van der Waals surface area contributed by atoms with Gasteiger partial charge in [0.05, 0.1) is 19.2 Å². The number of halogens is 3. The monoisotopic (exact) mass is 365 g/mol. The predicted molar refractivity (Wildman–Crippen MR) is 89.3 cm³/mol. The van der Waals surface area contributed by atoms with E-state index in [0.717, 1.165) is 17.7 Å². The van der Waals surface area contributed by atoms with Gasteiger partial charge in [-0.1, -0.05) is 0 Å². The number of alkyl halides is 3. The number of hydrogen-bond acceptors (Lipinski definition) is 3. The summed E-state index contributed by atoms with van der Waals surface area (Å²) in [6.07, 6.45) is -4.69. The van der Waals surface area contributed by atoms with Crippen molar-refractivity contribution in [2.75, 3.05) is 13.7 Å². The van der Waals surface area contributed by atoms with Crippen molar-refractivity contribution in [3.63, 3.8) is 0 Å². The van der Waals surface area contributed by atoms with E-state index in [4.69, 9.17) is 9.47 Å². The smallest absolute Gasteiger partial charge is 0.416 e. The lowest BCUT2D eigenvalue weighted by Gasteiger charge is -2.22. The van der Waals surface area contributed by atoms with Crippen LogP contribution in [0.4, 0.5) is 13.2 Å². The van der Waals surface area contributed by atoms with E-state index < -0.39 is 11.7 Å². The molecule has 7 heteroatoms. The van der Waals surface area contributed by atoms with Crippen LogP contribution in [0.3, 0.4) is 0 Å². The van der Waals surface area contributed by atoms with Gasteiger partial charge in [-0.25, -0.2) is 0 Å². The van der Waals surface area contributed by atoms with Gasteiger partial charge < -0.3 is 14.4 Å². The molecule has 4 nitrogen and oxygen atoms in total. The molecule has 0 saturated heterocycles. The fourth-order valence-corrected chi connectivity index (χ4v) is 2.88. The first kappa shape index (κ1) is 18.1. The Balaban J connectivity index is 1.84. The summed E-state index contributed by atoms with van der Waals surface area (Å²) in [6.45, 7) is 2.47. The number of rotatable bonds is 2. The van der Waals surface area contributed by atoms with E-state index in [2.05, 4.69) is 0 Å². The number of carbonyl (C=O) groups excluding carboxylic acids is 1. The zero-order chi connectivity index (χ0) is 18.9. The maximum Gasteiger partial charge on any atom is 0.416 e. The molecule has 2 aromatic carbocycles. The highest BCUT2D eigenvalue weighted by Crippen LogP contribution is 2.31. The predicted octanol–water partition coefficient (Wildman–Crippen LogP) is 4.14. The molecule has 1 amide bonds. The minimum absolute atomic E-state index is 0.210. The quantitative estimate of drug-likeness (QED) is 0.803. The Hall–Kier alpha value is -2.70. The number of hydrogen-bond donors (Lipinski definition) is 0. The Morgan fingerprint density at radius 2 is 1.88 bits per heavy atom. The second kappa shape index (κ2) is 6.90. The molecule has 0 aromatic heterocycles. The van der Waals surface area contributed by atoms with Gasteiger partial charge in [0.2, 0.25) is 0 Å². The van der Waals surface area contributed by atoms with Crippen molar-refractivity contribution in [2.24, 2.45) is 0 Å². The molecule has 0 aliphatic carbocycles. The first-order valence-corrected chi connectivity index (χ1v) is 8.08. The normalized spacial score (nSPS) is 17.1. The summed E-state index contributed by atoms with van der Waals surface area (Å²) in [4.78, 5) is 14.3. The lowest BCUT2D eigenvalue weighted by atomic mass is 10.1. The van der Waals surface area contributed by atoms with Crippen molar-refractivity contribution < 1.29 is 27.4 Å². The van der Waals surface area contributed by atoms with E-state index in [1.54, 1.807) is 24.1 Å². The molecule has 1 heterocycles. The average molecular weight is 365 g/mol. The van der Waals surface area contributed by atoms with Crippen molar-refractivity contribution in [3.8, 4) is 11.5 Å². The van der Waals surface area contributed by atoms with E-state index in [1.807, 2.05) is 13.0 Å². The lowest BCUT2D eigenvalue weighted by Crippen LogP contribution is -2.36. The van der Waals surface area contributed by atoms with Crippen LogP contribution in [-0.4, -0.2) is 30.6 Å². The lowest BCUT2D eigenvalue weighted by molar-refractivity contribution is -0.137. The molecule has 2 aromatic rings. The van der Waals surface area contributed by atoms with Crippen LogP contribution in [0.1, 0.15) is 28.4 Å². The molecule has 1 atom stereocenters. The average Bonchev–Trinajstić information content (AvgIpc) is 2.77. The molecule has 0 bridgehead atoms. The second-order valence-corrected chi connectivity index (χ2v) is 6.16. The van der Waals surface area contributed by atoms with Crippen molar-refractivity contribution in [2.45, 2.75) is 25.7 Å². The van der Waals surface area contributed by atoms with Crippen LogP contribution in [0, 0.1) is 0 Å². The van der Waals surface area contributed by atoms with Gasteiger partial charge >= 0.3 is 6.18 Å². The van der Waals surface area contributed by atoms with Crippen LogP contribution in [0.25, 0.3) is 0 Å². The SMILES string of the molecule is COc1ccc2c(c1)O[C@@H](C)CN(C(=O)c1ccc(C(F)(F)F)cc1)C2. The molecule has 0 radical (unpaired) electrons. The Morgan fingerprint density at radius 3 is 2.50 bits per heavy atom. The van der Waals surface area contributed by atoms with Gasteiger partial charge in [0.15, 0.2) is 0 Å². The van der Waals surface area contributed by atoms with Crippen LogP contribution >= 0.6 is 0 Å². The topological polar surface area (TPSA) is 38.8 Å². The van der Waals surface area contributed by atoms with Gasteiger partial charge in [-0.15, -0.1) is 0 Å². The Labute approximate surface area is 149 Å². The summed E-state index contributed by atoms with van der Waals surface area (Å²) in [5.74, 6) is 0.955. The molecule has 1 aliphatic heterocycles. The summed E-state index contributed by atoms with van der Waals surface area (Å²) < 4.78 is 49.1. The van der Waals surface area contributed by atoms with Gasteiger partial charge in [0.25, 0.3) is 5.91 Å². The standard InChI is InChI=1S/C19H18F3NO3/c1-12-10-23(11-14-5-8-16(25-2)9-17(14)26-12)18(24)13-3-6-15(7-4-13)19(20,21)22/h3-9,12H,10-11H2,1-2H3/t12-/m0/s1. The maximum atomic E-state index is 12.8. The fourth-order valence-electron chi connectivity index (χ4n) is 2.88. The highest BCUT2D eigenvalue weighted by Gasteiger charge is 2.31. The van der Waals surface area contributed by atoms with Crippen LogP contribution in [0.5, 0.6) is 11.5 Å². The Kier molecular flexibility index (Phi) is 4.80. The molecule has 0 unspecified atom stereocenters. The highest BCUT2D eigenvalue weighted by molar-refractivity contribution is 5.94. The zero-order valence-electron chi connectivity index (χ0n) is 14.3. The molecule has 0 spiro atoms. The van der Waals surface area contributed by atoms with E-state index in [-0.39, 0.29) is 17.6 Å². The van der Waals surface area contributed by atoms with Crippen LogP contribution < -0.4 is 9.47 Å². The molecule has 26 heavy (non-hydrogen) atoms. The summed E-state index contributed by atoms with van der Waals surface area (Å²) in [5.41, 5.74) is 0.247. The number of nitrogens with zero attached hydrogens (tertiary/aromatic N) is 1. The van der Waals surface area contributed by atoms with Crippen molar-refractivity contribution in [3.05, 3.63) is 59.2 Å². The molecule has 138 valence electrons. The summed E-state index contributed by atoms with van der Waals surface area (Å²) in [7, 11) is 1.56. The molecule has 0 N–H and O–H groups in total. The van der Waals surface area contributed by atoms with E-state index >= 15 is 0 Å². The van der Waals surface area contributed by atoms with E-state index in [1.165, 1.54) is 12.1 Å². The van der Waals surface area contributed by atoms with Crippen LogP contribution in [-0.2, 0) is 12.7 Å². The summed E-state index contributed by atoms with van der Waals surface area (Å²) in [6, 6.07) is 9.61. The second-order valence-electron chi connectivity index (χ2n) is 6.16. The number of benzene rings is 2. The molecule has 0 saturated carbocycles. The minimum Gasteiger partial charge on any atom is -0.497 e. The first-order chi connectivity index (χ1) is 12.3. The molecular formula is C19H18F3NO3. The Bertz CT molecular complexity index is 803. The van der Waals surface area contributed by atoms with Gasteiger partial charge in [0, 0.05) is 23.7 Å². The molecule has 0 fully saturated rings. The zero-order valence-corrected chi connectivity index (χ0v) is 14.3. The summed E-state index contributed by atoms with van der Waals surface area (Å²) >= 11 is 0. The third kappa shape index (κ3) is 3.76. The molecular weight excluding hydrogens is 347 g/mol. The van der Waals surface area contributed by atoms with Crippen molar-refractivity contribution in [1.82, 2.24) is 4.90 Å². The minimum atomic E-state index is -4.43. The Morgan fingerprint density at radius 1 is 1.19 bits per heavy atom. The highest BCUT2D eigenvalue weighted by atomic mass is 19.4. The van der Waals surface area contributed by atoms with Crippen molar-refractivity contribution >= 4 is 5.91 Å². The maximum absolute atomic E-state index is 12.8. The molecule has 1 aliphatic rings. The van der Waals surface area contributed by atoms with Crippen LogP contribution in [0.2, 0.25) is 0 Å². The van der Waals surface area contributed by atoms with Crippen LogP contribution in [0.15, 0.2) is 42.5 Å². The van der Waals surface area contributed by atoms with Crippen molar-refractivity contribution in [1.29, 1.82) is 0 Å². The largest absolute Gasteiger partial charge is 0.497 e. The third-order valence-corrected chi connectivity index (χ3v) is 4.19. The number of carbonyl (C=O) groups is 1. The number of amides is 1. The van der Waals surface area contributed by atoms with E-state index in [9.17, 15) is 18.0 Å². The number of fused-ring (bicyclic) bond motifs is 1. The van der Waals surface area contributed by atoms with Gasteiger partial charge in [-0.05, 0) is 43.3 Å². The molecule has 3 rings (SSSR count). The number of methoxy groups -OCH3 is 1. The summed E-state index contributed by atoms with van der Waals surface area (Å²) in [5, 5.41) is 0. The fraction of sp³-hybridized carbons (Fsp3) is 0.316.